The fourth-order valence-electron chi connectivity index (χ4n) is 0.466. The fraction of sp³-hybridized carbons (Fsp3) is 1.00. The molecule has 0 fully saturated rings. The smallest absolute Gasteiger partial charge is 0.0472 e. The molecule has 1 atom stereocenters. The number of hydrogen-bond donors (Lipinski definition) is 3. The Balaban J connectivity index is 3.07. The van der Waals surface area contributed by atoms with Crippen LogP contribution >= 0.6 is 0 Å². The number of aliphatic hydroxyl groups excluding tert-OH is 2. The molecule has 0 amide bonds. The van der Waals surface area contributed by atoms with Gasteiger partial charge in [0, 0.05) is 13.2 Å². The van der Waals surface area contributed by atoms with Crippen LogP contribution < -0.4 is 5.73 Å². The Morgan fingerprint density at radius 2 is 2.00 bits per heavy atom. The first-order valence-electron chi connectivity index (χ1n) is 2.77. The van der Waals surface area contributed by atoms with E-state index in [0.717, 1.165) is 0 Å². The molecule has 0 radical (unpaired) electrons. The van der Waals surface area contributed by atoms with E-state index in [2.05, 4.69) is 0 Å². The van der Waals surface area contributed by atoms with Crippen LogP contribution in [0, 0.1) is 5.92 Å². The Morgan fingerprint density at radius 1 is 1.38 bits per heavy atom. The molecule has 0 bridgehead atoms. The lowest BCUT2D eigenvalue weighted by Crippen LogP contribution is -2.18. The third kappa shape index (κ3) is 2.96. The predicted octanol–water partition coefficient (Wildman–Crippen LogP) is -1.06. The zero-order chi connectivity index (χ0) is 6.41. The van der Waals surface area contributed by atoms with Crippen molar-refractivity contribution in [1.82, 2.24) is 0 Å². The summed E-state index contributed by atoms with van der Waals surface area (Å²) < 4.78 is 0. The number of aliphatic hydroxyl groups is 2. The van der Waals surface area contributed by atoms with Gasteiger partial charge in [0.1, 0.15) is 0 Å². The maximum absolute atomic E-state index is 8.47. The molecule has 0 aromatic rings. The molecule has 0 unspecified atom stereocenters. The molecule has 0 aliphatic carbocycles. The monoisotopic (exact) mass is 119 g/mol. The minimum absolute atomic E-state index is 0.0804. The number of nitrogens with two attached hydrogens (primary N) is 1. The molecular weight excluding hydrogens is 106 g/mol. The van der Waals surface area contributed by atoms with Crippen molar-refractivity contribution in [2.75, 3.05) is 19.8 Å². The Morgan fingerprint density at radius 3 is 2.12 bits per heavy atom. The summed E-state index contributed by atoms with van der Waals surface area (Å²) in [5, 5.41) is 16.8. The van der Waals surface area contributed by atoms with Crippen molar-refractivity contribution < 1.29 is 10.2 Å². The lowest BCUT2D eigenvalue weighted by atomic mass is 10.1. The van der Waals surface area contributed by atoms with E-state index in [-0.39, 0.29) is 19.1 Å². The third-order valence-corrected chi connectivity index (χ3v) is 1.13. The summed E-state index contributed by atoms with van der Waals surface area (Å²) in [5.74, 6) is 0.0833. The summed E-state index contributed by atoms with van der Waals surface area (Å²) in [6, 6.07) is 0. The molecule has 0 saturated heterocycles. The van der Waals surface area contributed by atoms with Gasteiger partial charge in [-0.2, -0.15) is 0 Å². The van der Waals surface area contributed by atoms with Crippen LogP contribution in [0.2, 0.25) is 0 Å². The molecule has 3 nitrogen and oxygen atoms in total. The van der Waals surface area contributed by atoms with Gasteiger partial charge < -0.3 is 15.9 Å². The van der Waals surface area contributed by atoms with Crippen LogP contribution in [0.1, 0.15) is 6.42 Å². The third-order valence-electron chi connectivity index (χ3n) is 1.13. The molecule has 0 spiro atoms. The number of hydrogen-bond acceptors (Lipinski definition) is 3. The van der Waals surface area contributed by atoms with Crippen LogP contribution in [0.4, 0.5) is 0 Å². The van der Waals surface area contributed by atoms with Gasteiger partial charge >= 0.3 is 0 Å². The minimum atomic E-state index is 0.0804. The Bertz CT molecular complexity index is 45.7. The lowest BCUT2D eigenvalue weighted by Gasteiger charge is -2.06. The van der Waals surface area contributed by atoms with Crippen LogP contribution in [-0.2, 0) is 0 Å². The van der Waals surface area contributed by atoms with Crippen LogP contribution in [-0.4, -0.2) is 30.0 Å². The molecular formula is C5H13NO2. The summed E-state index contributed by atoms with van der Waals surface area (Å²) in [6.07, 6.45) is 0.604. The van der Waals surface area contributed by atoms with Gasteiger partial charge in [0.15, 0.2) is 0 Å². The van der Waals surface area contributed by atoms with Gasteiger partial charge in [-0.15, -0.1) is 0 Å². The molecule has 50 valence electrons. The van der Waals surface area contributed by atoms with E-state index in [4.69, 9.17) is 15.9 Å². The van der Waals surface area contributed by atoms with Crippen molar-refractivity contribution >= 4 is 0 Å². The topological polar surface area (TPSA) is 66.5 Å². The van der Waals surface area contributed by atoms with Crippen molar-refractivity contribution in [3.05, 3.63) is 0 Å². The summed E-state index contributed by atoms with van der Waals surface area (Å²) in [7, 11) is 0. The highest BCUT2D eigenvalue weighted by molar-refractivity contribution is 4.55. The van der Waals surface area contributed by atoms with E-state index in [1.54, 1.807) is 0 Å². The Labute approximate surface area is 49.1 Å². The van der Waals surface area contributed by atoms with E-state index in [0.29, 0.717) is 13.0 Å². The van der Waals surface area contributed by atoms with Gasteiger partial charge in [0.2, 0.25) is 0 Å². The van der Waals surface area contributed by atoms with Crippen molar-refractivity contribution in [3.8, 4) is 0 Å². The van der Waals surface area contributed by atoms with Crippen molar-refractivity contribution in [1.29, 1.82) is 0 Å². The quantitative estimate of drug-likeness (QED) is 0.441. The van der Waals surface area contributed by atoms with E-state index in [1.807, 2.05) is 0 Å². The van der Waals surface area contributed by atoms with Crippen LogP contribution in [0.3, 0.4) is 0 Å². The van der Waals surface area contributed by atoms with Crippen LogP contribution in [0.25, 0.3) is 0 Å². The van der Waals surface area contributed by atoms with Gasteiger partial charge in [-0.3, -0.25) is 0 Å². The second-order valence-electron chi connectivity index (χ2n) is 1.80. The fourth-order valence-corrected chi connectivity index (χ4v) is 0.466. The summed E-state index contributed by atoms with van der Waals surface area (Å²) in [6.45, 7) is 0.649. The summed E-state index contributed by atoms with van der Waals surface area (Å²) in [5.41, 5.74) is 5.20. The van der Waals surface area contributed by atoms with E-state index >= 15 is 0 Å². The normalized spacial score (nSPS) is 13.9. The summed E-state index contributed by atoms with van der Waals surface area (Å²) in [4.78, 5) is 0. The molecule has 0 aliphatic rings. The van der Waals surface area contributed by atoms with Crippen molar-refractivity contribution in [2.24, 2.45) is 11.7 Å². The SMILES string of the molecule is NC[C@H](CO)CCO. The van der Waals surface area contributed by atoms with Gasteiger partial charge in [-0.05, 0) is 18.9 Å². The van der Waals surface area contributed by atoms with Crippen LogP contribution in [0.15, 0.2) is 0 Å². The van der Waals surface area contributed by atoms with Gasteiger partial charge in [-0.25, -0.2) is 0 Å². The maximum atomic E-state index is 8.47. The highest BCUT2D eigenvalue weighted by Gasteiger charge is 2.01. The molecule has 0 aromatic heterocycles. The average Bonchev–Trinajstić information content (AvgIpc) is 1.83. The van der Waals surface area contributed by atoms with E-state index < -0.39 is 0 Å². The Kier molecular flexibility index (Phi) is 4.95. The molecule has 8 heavy (non-hydrogen) atoms. The molecule has 0 aliphatic heterocycles. The zero-order valence-corrected chi connectivity index (χ0v) is 4.88. The first-order chi connectivity index (χ1) is 3.85. The molecule has 3 heteroatoms. The van der Waals surface area contributed by atoms with Crippen LogP contribution in [0.5, 0.6) is 0 Å². The zero-order valence-electron chi connectivity index (χ0n) is 4.88. The van der Waals surface area contributed by atoms with E-state index in [9.17, 15) is 0 Å². The molecule has 0 aromatic carbocycles. The highest BCUT2D eigenvalue weighted by Crippen LogP contribution is 1.96. The lowest BCUT2D eigenvalue weighted by molar-refractivity contribution is 0.187. The van der Waals surface area contributed by atoms with Gasteiger partial charge in [0.25, 0.3) is 0 Å². The van der Waals surface area contributed by atoms with Crippen molar-refractivity contribution in [2.45, 2.75) is 6.42 Å². The molecule has 0 rings (SSSR count). The molecule has 4 N–H and O–H groups in total. The molecule has 0 heterocycles. The first kappa shape index (κ1) is 7.88. The van der Waals surface area contributed by atoms with E-state index in [1.165, 1.54) is 0 Å². The number of rotatable bonds is 4. The Hall–Kier alpha value is -0.120. The largest absolute Gasteiger partial charge is 0.396 e. The first-order valence-corrected chi connectivity index (χ1v) is 2.77. The highest BCUT2D eigenvalue weighted by atomic mass is 16.3. The van der Waals surface area contributed by atoms with Gasteiger partial charge in [0.05, 0.1) is 0 Å². The summed E-state index contributed by atoms with van der Waals surface area (Å²) >= 11 is 0. The minimum Gasteiger partial charge on any atom is -0.396 e. The standard InChI is InChI=1S/C5H13NO2/c6-3-5(4-8)1-2-7/h5,7-8H,1-4,6H2/t5-/m1/s1. The van der Waals surface area contributed by atoms with Gasteiger partial charge in [-0.1, -0.05) is 0 Å². The average molecular weight is 119 g/mol. The molecule has 0 saturated carbocycles. The maximum Gasteiger partial charge on any atom is 0.0472 e. The second-order valence-corrected chi connectivity index (χ2v) is 1.80. The van der Waals surface area contributed by atoms with Crippen molar-refractivity contribution in [3.63, 3.8) is 0 Å². The second kappa shape index (κ2) is 5.03. The predicted molar refractivity (Wildman–Crippen MR) is 31.3 cm³/mol.